The summed E-state index contributed by atoms with van der Waals surface area (Å²) >= 11 is 2.99. The second-order valence-electron chi connectivity index (χ2n) is 3.59. The number of hydrogen-bond acceptors (Lipinski definition) is 3. The topological polar surface area (TPSA) is 29.5 Å². The number of anilines is 1. The van der Waals surface area contributed by atoms with Crippen molar-refractivity contribution in [3.05, 3.63) is 28.2 Å². The largest absolute Gasteiger partial charge is 0.468 e. The molecule has 0 aliphatic heterocycles. The summed E-state index contributed by atoms with van der Waals surface area (Å²) in [6.45, 7) is -0.249. The fourth-order valence-electron chi connectivity index (χ4n) is 1.41. The Labute approximate surface area is 111 Å². The van der Waals surface area contributed by atoms with Gasteiger partial charge in [-0.25, -0.2) is 0 Å². The van der Waals surface area contributed by atoms with Crippen molar-refractivity contribution in [2.75, 3.05) is 25.6 Å². The van der Waals surface area contributed by atoms with Crippen LogP contribution in [0.4, 0.5) is 18.9 Å². The molecule has 7 heteroatoms. The van der Waals surface area contributed by atoms with Gasteiger partial charge in [-0.05, 0) is 18.2 Å². The van der Waals surface area contributed by atoms with Crippen LogP contribution in [0.2, 0.25) is 0 Å². The molecule has 0 saturated carbocycles. The van der Waals surface area contributed by atoms with Crippen LogP contribution in [0.15, 0.2) is 22.7 Å². The Hall–Kier alpha value is -1.24. The summed E-state index contributed by atoms with van der Waals surface area (Å²) in [6, 6.07) is 3.76. The summed E-state index contributed by atoms with van der Waals surface area (Å²) < 4.78 is 43.3. The molecule has 0 saturated heterocycles. The van der Waals surface area contributed by atoms with Crippen molar-refractivity contribution in [1.82, 2.24) is 0 Å². The number of methoxy groups -OCH3 is 1. The summed E-state index contributed by atoms with van der Waals surface area (Å²) in [7, 11) is 2.58. The van der Waals surface area contributed by atoms with Crippen LogP contribution in [-0.2, 0) is 15.7 Å². The summed E-state index contributed by atoms with van der Waals surface area (Å²) in [5.74, 6) is -0.603. The molecule has 0 heterocycles. The number of hydrogen-bond donors (Lipinski definition) is 0. The zero-order valence-electron chi connectivity index (χ0n) is 9.71. The third-order valence-corrected chi connectivity index (χ3v) is 2.76. The average molecular weight is 326 g/mol. The van der Waals surface area contributed by atoms with Gasteiger partial charge in [0.2, 0.25) is 0 Å². The lowest BCUT2D eigenvalue weighted by Gasteiger charge is -2.22. The van der Waals surface area contributed by atoms with Crippen LogP contribution < -0.4 is 4.90 Å². The maximum Gasteiger partial charge on any atom is 0.418 e. The van der Waals surface area contributed by atoms with Crippen LogP contribution in [0, 0.1) is 0 Å². The first-order valence-corrected chi connectivity index (χ1v) is 5.69. The van der Waals surface area contributed by atoms with Crippen LogP contribution in [0.25, 0.3) is 0 Å². The molecule has 3 nitrogen and oxygen atoms in total. The molecule has 0 radical (unpaired) electrons. The molecular formula is C11H11BrF3NO2. The summed E-state index contributed by atoms with van der Waals surface area (Å²) in [6.07, 6.45) is -4.48. The molecule has 0 amide bonds. The summed E-state index contributed by atoms with van der Waals surface area (Å²) in [5.41, 5.74) is -0.876. The molecule has 0 fully saturated rings. The molecule has 1 aromatic rings. The first-order valence-electron chi connectivity index (χ1n) is 4.90. The lowest BCUT2D eigenvalue weighted by atomic mass is 10.1. The van der Waals surface area contributed by atoms with E-state index in [0.717, 1.165) is 6.07 Å². The van der Waals surface area contributed by atoms with E-state index < -0.39 is 17.7 Å². The van der Waals surface area contributed by atoms with Gasteiger partial charge >= 0.3 is 12.1 Å². The second kappa shape index (κ2) is 5.60. The van der Waals surface area contributed by atoms with Crippen molar-refractivity contribution in [2.45, 2.75) is 6.18 Å². The minimum absolute atomic E-state index is 0.0731. The van der Waals surface area contributed by atoms with E-state index in [1.54, 1.807) is 0 Å². The molecule has 0 aromatic heterocycles. The predicted molar refractivity (Wildman–Crippen MR) is 64.4 cm³/mol. The maximum atomic E-state index is 12.8. The van der Waals surface area contributed by atoms with E-state index in [4.69, 9.17) is 0 Å². The van der Waals surface area contributed by atoms with Crippen LogP contribution in [0.3, 0.4) is 0 Å². The number of alkyl halides is 3. The first kappa shape index (κ1) is 14.8. The fraction of sp³-hybridized carbons (Fsp3) is 0.364. The molecule has 18 heavy (non-hydrogen) atoms. The molecule has 0 unspecified atom stereocenters. The van der Waals surface area contributed by atoms with Crippen molar-refractivity contribution < 1.29 is 22.7 Å². The molecular weight excluding hydrogens is 315 g/mol. The summed E-state index contributed by atoms with van der Waals surface area (Å²) in [4.78, 5) is 12.3. The number of esters is 1. The van der Waals surface area contributed by atoms with Crippen molar-refractivity contribution in [3.63, 3.8) is 0 Å². The van der Waals surface area contributed by atoms with E-state index in [0.29, 0.717) is 4.47 Å². The third kappa shape index (κ3) is 3.63. The number of rotatable bonds is 3. The maximum absolute atomic E-state index is 12.8. The van der Waals surface area contributed by atoms with Gasteiger partial charge in [-0.1, -0.05) is 15.9 Å². The van der Waals surface area contributed by atoms with Gasteiger partial charge in [0.25, 0.3) is 0 Å². The lowest BCUT2D eigenvalue weighted by Crippen LogP contribution is -2.28. The van der Waals surface area contributed by atoms with E-state index in [1.807, 2.05) is 0 Å². The molecule has 0 atom stereocenters. The Balaban J connectivity index is 3.12. The second-order valence-corrected chi connectivity index (χ2v) is 4.51. The number of halogens is 4. The molecule has 100 valence electrons. The molecule has 0 spiro atoms. The van der Waals surface area contributed by atoms with E-state index >= 15 is 0 Å². The normalized spacial score (nSPS) is 11.2. The molecule has 0 bridgehead atoms. The Morgan fingerprint density at radius 1 is 1.44 bits per heavy atom. The monoisotopic (exact) mass is 325 g/mol. The zero-order valence-corrected chi connectivity index (χ0v) is 11.3. The quantitative estimate of drug-likeness (QED) is 0.800. The Kier molecular flexibility index (Phi) is 4.61. The van der Waals surface area contributed by atoms with Gasteiger partial charge in [-0.3, -0.25) is 4.79 Å². The minimum Gasteiger partial charge on any atom is -0.468 e. The van der Waals surface area contributed by atoms with Gasteiger partial charge in [0, 0.05) is 17.2 Å². The van der Waals surface area contributed by atoms with Gasteiger partial charge < -0.3 is 9.64 Å². The number of likely N-dealkylation sites (N-methyl/N-ethyl adjacent to an activating group) is 1. The van der Waals surface area contributed by atoms with E-state index in [2.05, 4.69) is 20.7 Å². The highest BCUT2D eigenvalue weighted by Gasteiger charge is 2.34. The average Bonchev–Trinajstić information content (AvgIpc) is 2.27. The molecule has 0 aliphatic carbocycles. The van der Waals surface area contributed by atoms with Crippen molar-refractivity contribution >= 4 is 27.6 Å². The van der Waals surface area contributed by atoms with E-state index in [-0.39, 0.29) is 12.2 Å². The molecule has 1 rings (SSSR count). The van der Waals surface area contributed by atoms with Crippen LogP contribution >= 0.6 is 15.9 Å². The third-order valence-electron chi connectivity index (χ3n) is 2.27. The lowest BCUT2D eigenvalue weighted by molar-refractivity contribution is -0.140. The molecule has 0 aliphatic rings. The minimum atomic E-state index is -4.48. The Bertz CT molecular complexity index is 448. The highest BCUT2D eigenvalue weighted by atomic mass is 79.9. The smallest absolute Gasteiger partial charge is 0.418 e. The first-order chi connectivity index (χ1) is 8.25. The number of benzene rings is 1. The van der Waals surface area contributed by atoms with Crippen LogP contribution in [0.1, 0.15) is 5.56 Å². The Morgan fingerprint density at radius 3 is 2.56 bits per heavy atom. The summed E-state index contributed by atoms with van der Waals surface area (Å²) in [5, 5.41) is 0. The van der Waals surface area contributed by atoms with Crippen LogP contribution in [0.5, 0.6) is 0 Å². The Morgan fingerprint density at radius 2 is 2.06 bits per heavy atom. The highest BCUT2D eigenvalue weighted by Crippen LogP contribution is 2.37. The van der Waals surface area contributed by atoms with E-state index in [1.165, 1.54) is 31.2 Å². The number of carbonyl (C=O) groups excluding carboxylic acids is 1. The predicted octanol–water partition coefficient (Wildman–Crippen LogP) is 3.08. The van der Waals surface area contributed by atoms with Gasteiger partial charge in [0.05, 0.1) is 12.7 Å². The van der Waals surface area contributed by atoms with Gasteiger partial charge in [0.1, 0.15) is 6.54 Å². The van der Waals surface area contributed by atoms with Crippen molar-refractivity contribution in [3.8, 4) is 0 Å². The number of carbonyl (C=O) groups is 1. The standard InChI is InChI=1S/C11H11BrF3NO2/c1-16(6-10(17)18-2)9-4-3-7(12)5-8(9)11(13,14)15/h3-5H,6H2,1-2H3. The SMILES string of the molecule is COC(=O)CN(C)c1ccc(Br)cc1C(F)(F)F. The van der Waals surface area contributed by atoms with Gasteiger partial charge in [0.15, 0.2) is 0 Å². The highest BCUT2D eigenvalue weighted by molar-refractivity contribution is 9.10. The number of nitrogens with zero attached hydrogens (tertiary/aromatic N) is 1. The van der Waals surface area contributed by atoms with Gasteiger partial charge in [-0.2, -0.15) is 13.2 Å². The zero-order chi connectivity index (χ0) is 13.9. The van der Waals surface area contributed by atoms with Crippen LogP contribution in [-0.4, -0.2) is 26.7 Å². The van der Waals surface area contributed by atoms with E-state index in [9.17, 15) is 18.0 Å². The number of ether oxygens (including phenoxy) is 1. The van der Waals surface area contributed by atoms with Crippen molar-refractivity contribution in [2.24, 2.45) is 0 Å². The van der Waals surface area contributed by atoms with Crippen molar-refractivity contribution in [1.29, 1.82) is 0 Å². The van der Waals surface area contributed by atoms with Gasteiger partial charge in [-0.15, -0.1) is 0 Å². The fourth-order valence-corrected chi connectivity index (χ4v) is 1.77. The molecule has 1 aromatic carbocycles. The molecule has 0 N–H and O–H groups in total.